The molecule has 3 heterocycles. The van der Waals surface area contributed by atoms with Crippen LogP contribution in [0.5, 0.6) is 0 Å². The van der Waals surface area contributed by atoms with Crippen molar-refractivity contribution in [2.75, 3.05) is 55.7 Å². The van der Waals surface area contributed by atoms with E-state index in [0.29, 0.717) is 36.3 Å². The molecule has 0 spiro atoms. The molecule has 0 saturated heterocycles. The van der Waals surface area contributed by atoms with E-state index < -0.39 is 69.2 Å². The molecular weight excluding hydrogens is 1120 g/mol. The Balaban J connectivity index is 0.000000186. The van der Waals surface area contributed by atoms with E-state index in [2.05, 4.69) is 0 Å². The third-order valence-corrected chi connectivity index (χ3v) is 15.0. The van der Waals surface area contributed by atoms with Crippen LogP contribution >= 0.6 is 0 Å². The number of carbonyl (C=O) groups excluding carboxylic acids is 6. The molecule has 0 radical (unpaired) electrons. The molecule has 0 aliphatic carbocycles. The number of fused-ring (bicyclic) bond motifs is 3. The van der Waals surface area contributed by atoms with Crippen molar-refractivity contribution in [3.8, 4) is 0 Å². The first-order valence-electron chi connectivity index (χ1n) is 28.5. The van der Waals surface area contributed by atoms with Crippen LogP contribution in [-0.2, 0) is 78.3 Å². The molecule has 87 heavy (non-hydrogen) atoms. The van der Waals surface area contributed by atoms with Crippen molar-refractivity contribution in [3.63, 3.8) is 0 Å². The van der Waals surface area contributed by atoms with Crippen LogP contribution in [0.3, 0.4) is 0 Å². The van der Waals surface area contributed by atoms with Crippen LogP contribution < -0.4 is 14.7 Å². The van der Waals surface area contributed by atoms with Crippen LogP contribution in [0.25, 0.3) is 0 Å². The van der Waals surface area contributed by atoms with Crippen molar-refractivity contribution < 1.29 is 70.4 Å². The van der Waals surface area contributed by atoms with Gasteiger partial charge in [0.1, 0.15) is 50.5 Å². The number of nitrogens with zero attached hydrogens (tertiary/aromatic N) is 3. The summed E-state index contributed by atoms with van der Waals surface area (Å²) in [6.07, 6.45) is 0.195. The summed E-state index contributed by atoms with van der Waals surface area (Å²) in [4.78, 5) is 80.6. The van der Waals surface area contributed by atoms with Crippen LogP contribution in [0.1, 0.15) is 133 Å². The maximum atomic E-state index is 13.2. The number of esters is 3. The third-order valence-electron chi connectivity index (χ3n) is 15.0. The van der Waals surface area contributed by atoms with Crippen molar-refractivity contribution in [1.29, 1.82) is 0 Å². The number of hydrogen-bond donors (Lipinski definition) is 0. The number of anilines is 3. The molecule has 3 aliphatic heterocycles. The lowest BCUT2D eigenvalue weighted by atomic mass is 9.84. The predicted molar refractivity (Wildman–Crippen MR) is 326 cm³/mol. The van der Waals surface area contributed by atoms with E-state index in [-0.39, 0.29) is 37.1 Å². The molecule has 3 aliphatic rings. The lowest BCUT2D eigenvalue weighted by Gasteiger charge is -2.26. The van der Waals surface area contributed by atoms with Crippen LogP contribution in [-0.4, -0.2) is 94.0 Å². The summed E-state index contributed by atoms with van der Waals surface area (Å²) in [7, 11) is 4.02. The minimum atomic E-state index is -0.977. The Hall–Kier alpha value is -8.67. The molecule has 0 aromatic heterocycles. The lowest BCUT2D eigenvalue weighted by molar-refractivity contribution is -0.147. The molecule has 0 fully saturated rings. The zero-order valence-corrected chi connectivity index (χ0v) is 52.2. The number of benzene rings is 6. The quantitative estimate of drug-likeness (QED) is 0.0994. The average Bonchev–Trinajstić information content (AvgIpc) is 1.64. The number of hydrogen-bond acceptors (Lipinski definition) is 12. The van der Waals surface area contributed by atoms with Gasteiger partial charge in [0.2, 0.25) is 0 Å². The Morgan fingerprint density at radius 1 is 0.368 bits per heavy atom. The van der Waals surface area contributed by atoms with Gasteiger partial charge in [-0.2, -0.15) is 0 Å². The Kier molecular flexibility index (Phi) is 19.5. The largest absolute Gasteiger partial charge is 0.468 e. The Morgan fingerprint density at radius 2 is 0.575 bits per heavy atom. The van der Waals surface area contributed by atoms with E-state index >= 15 is 0 Å². The summed E-state index contributed by atoms with van der Waals surface area (Å²) >= 11 is 0. The monoisotopic (exact) mass is 1200 g/mol. The lowest BCUT2D eigenvalue weighted by Crippen LogP contribution is -2.42. The number of ether oxygens (including phenoxy) is 6. The van der Waals surface area contributed by atoms with Gasteiger partial charge < -0.3 is 28.4 Å². The fourth-order valence-corrected chi connectivity index (χ4v) is 10.7. The smallest absolute Gasteiger partial charge is 0.414 e. The number of halogens is 3. The van der Waals surface area contributed by atoms with Gasteiger partial charge in [-0.3, -0.25) is 29.1 Å². The fraction of sp³-hybridized carbons (Fsp3) is 0.391. The SMILES string of the molecule is COC(=O)C1(C)CN(C(=O)OC(C)(C)C)c2cc(Cc3ccc(F)cc3)ccc21.COC(=O)[C@@]1(C)CN(C(=O)OC(C)(C)C)c2cc(Cc3ccc(F)cc3)ccc21.COC(=O)[C@]1(C)CN(C(=O)OC(C)(C)C)c2cc(Cc3ccc(F)cc3)ccc21. The van der Waals surface area contributed by atoms with Gasteiger partial charge in [0.05, 0.1) is 38.4 Å². The highest BCUT2D eigenvalue weighted by molar-refractivity contribution is 6.00. The van der Waals surface area contributed by atoms with Crippen molar-refractivity contribution in [1.82, 2.24) is 0 Å². The second-order valence-electron chi connectivity index (χ2n) is 25.6. The molecule has 3 atom stereocenters. The maximum Gasteiger partial charge on any atom is 0.414 e. The zero-order valence-electron chi connectivity index (χ0n) is 52.2. The van der Waals surface area contributed by atoms with Crippen LogP contribution in [0, 0.1) is 17.5 Å². The molecule has 3 amide bonds. The summed E-state index contributed by atoms with van der Waals surface area (Å²) in [5, 5.41) is 0. The minimum absolute atomic E-state index is 0.143. The normalized spacial score (nSPS) is 18.3. The highest BCUT2D eigenvalue weighted by atomic mass is 19.1. The van der Waals surface area contributed by atoms with E-state index in [4.69, 9.17) is 28.4 Å². The van der Waals surface area contributed by atoms with E-state index in [1.165, 1.54) is 72.4 Å². The Bertz CT molecular complexity index is 3170. The maximum absolute atomic E-state index is 13.2. The zero-order chi connectivity index (χ0) is 64.2. The van der Waals surface area contributed by atoms with Crippen molar-refractivity contribution >= 4 is 53.2 Å². The topological polar surface area (TPSA) is 168 Å². The summed E-state index contributed by atoms with van der Waals surface area (Å²) in [5.41, 5.74) is 4.82. The summed E-state index contributed by atoms with van der Waals surface area (Å²) in [6, 6.07) is 35.9. The molecule has 462 valence electrons. The van der Waals surface area contributed by atoms with E-state index in [1.807, 2.05) is 54.6 Å². The van der Waals surface area contributed by atoms with Gasteiger partial charge in [-0.1, -0.05) is 72.8 Å². The third kappa shape index (κ3) is 15.5. The first-order valence-corrected chi connectivity index (χ1v) is 28.5. The van der Waals surface area contributed by atoms with Gasteiger partial charge in [-0.15, -0.1) is 0 Å². The molecule has 18 heteroatoms. The summed E-state index contributed by atoms with van der Waals surface area (Å²) < 4.78 is 71.2. The second kappa shape index (κ2) is 25.7. The predicted octanol–water partition coefficient (Wildman–Crippen LogP) is 13.8. The van der Waals surface area contributed by atoms with Crippen molar-refractivity contribution in [2.24, 2.45) is 0 Å². The van der Waals surface area contributed by atoms with Crippen LogP contribution in [0.4, 0.5) is 44.6 Å². The molecule has 6 aromatic carbocycles. The molecule has 6 aromatic rings. The fourth-order valence-electron chi connectivity index (χ4n) is 10.7. The molecule has 0 saturated carbocycles. The molecule has 0 bridgehead atoms. The van der Waals surface area contributed by atoms with E-state index in [9.17, 15) is 41.9 Å². The van der Waals surface area contributed by atoms with Gasteiger partial charge >= 0.3 is 36.2 Å². The second-order valence-corrected chi connectivity index (χ2v) is 25.6. The van der Waals surface area contributed by atoms with Crippen LogP contribution in [0.15, 0.2) is 127 Å². The Labute approximate surface area is 507 Å². The number of methoxy groups -OCH3 is 3. The Morgan fingerprint density at radius 3 is 0.770 bits per heavy atom. The van der Waals surface area contributed by atoms with Gasteiger partial charge in [0, 0.05) is 19.6 Å². The number of rotatable bonds is 9. The van der Waals surface area contributed by atoms with E-state index in [0.717, 1.165) is 50.1 Å². The minimum Gasteiger partial charge on any atom is -0.468 e. The van der Waals surface area contributed by atoms with Crippen LogP contribution in [0.2, 0.25) is 0 Å². The highest BCUT2D eigenvalue weighted by Crippen LogP contribution is 2.46. The average molecular weight is 1200 g/mol. The molecular formula is C69H78F3N3O12. The molecule has 9 rings (SSSR count). The first kappa shape index (κ1) is 65.9. The van der Waals surface area contributed by atoms with Crippen molar-refractivity contribution in [3.05, 3.63) is 195 Å². The van der Waals surface area contributed by atoms with Gasteiger partial charge in [0.15, 0.2) is 0 Å². The van der Waals surface area contributed by atoms with Gasteiger partial charge in [-0.25, -0.2) is 27.6 Å². The molecule has 1 unspecified atom stereocenters. The van der Waals surface area contributed by atoms with Gasteiger partial charge in [-0.05, 0) is 207 Å². The number of amides is 3. The molecule has 15 nitrogen and oxygen atoms in total. The first-order chi connectivity index (χ1) is 40.6. The molecule has 0 N–H and O–H groups in total. The van der Waals surface area contributed by atoms with E-state index in [1.54, 1.807) is 119 Å². The summed E-state index contributed by atoms with van der Waals surface area (Å²) in [6.45, 7) is 21.9. The van der Waals surface area contributed by atoms with Crippen molar-refractivity contribution in [2.45, 2.75) is 135 Å². The van der Waals surface area contributed by atoms with Gasteiger partial charge in [0.25, 0.3) is 0 Å². The highest BCUT2D eigenvalue weighted by Gasteiger charge is 2.51. The standard InChI is InChI=1S/3C23H26FNO4/c3*1-22(2,3)29-21(27)25-14-23(4,20(26)28-5)18-11-8-16(13-19(18)25)12-15-6-9-17(24)10-7-15/h3*6-11,13H,12,14H2,1-5H3/t2*23-;/m10./s1. The number of carbonyl (C=O) groups is 6. The summed E-state index contributed by atoms with van der Waals surface area (Å²) in [5.74, 6) is -2.07.